The van der Waals surface area contributed by atoms with Gasteiger partial charge in [0.2, 0.25) is 0 Å². The van der Waals surface area contributed by atoms with Gasteiger partial charge in [-0.05, 0) is 12.8 Å². The van der Waals surface area contributed by atoms with E-state index in [1.54, 1.807) is 5.32 Å². The number of ether oxygens (including phenoxy) is 1. The molecule has 1 amide bonds. The van der Waals surface area contributed by atoms with Crippen molar-refractivity contribution in [2.75, 3.05) is 13.7 Å². The molecular weight excluding hydrogens is 258 g/mol. The Hall–Kier alpha value is -1.34. The van der Waals surface area contributed by atoms with Crippen LogP contribution in [-0.2, 0) is 14.3 Å². The van der Waals surface area contributed by atoms with Gasteiger partial charge in [0.1, 0.15) is 0 Å². The summed E-state index contributed by atoms with van der Waals surface area (Å²) in [6, 6.07) is 0. The van der Waals surface area contributed by atoms with Gasteiger partial charge in [-0.2, -0.15) is 8.78 Å². The van der Waals surface area contributed by atoms with Gasteiger partial charge in [-0.3, -0.25) is 9.59 Å². The van der Waals surface area contributed by atoms with Crippen molar-refractivity contribution in [1.82, 2.24) is 5.32 Å². The monoisotopic (exact) mass is 273 g/mol. The number of methoxy groups -OCH3 is 1. The first kappa shape index (κ1) is 16.7. The highest BCUT2D eigenvalue weighted by molar-refractivity contribution is 5.83. The molecule has 0 unspecified atom stereocenters. The van der Waals surface area contributed by atoms with E-state index in [0.717, 1.165) is 0 Å². The molecule has 0 aliphatic rings. The first-order chi connectivity index (χ1) is 8.32. The van der Waals surface area contributed by atoms with Crippen molar-refractivity contribution < 1.29 is 31.9 Å². The Balaban J connectivity index is 3.67. The maximum Gasteiger partial charge on any atom is 0.383 e. The number of carbonyl (C=O) groups excluding carboxylic acids is 2. The molecule has 8 heteroatoms. The van der Waals surface area contributed by atoms with Gasteiger partial charge < -0.3 is 10.1 Å². The summed E-state index contributed by atoms with van der Waals surface area (Å²) in [6.45, 7) is -0.137. The molecular formula is C10H15F4NO3. The van der Waals surface area contributed by atoms with Gasteiger partial charge in [0.15, 0.2) is 0 Å². The second-order valence-electron chi connectivity index (χ2n) is 3.57. The smallest absolute Gasteiger partial charge is 0.383 e. The summed E-state index contributed by atoms with van der Waals surface area (Å²) in [6.07, 6.45) is -2.53. The van der Waals surface area contributed by atoms with Crippen LogP contribution in [0.2, 0.25) is 0 Å². The Labute approximate surface area is 102 Å². The second-order valence-corrected chi connectivity index (χ2v) is 3.57. The Morgan fingerprint density at radius 2 is 1.83 bits per heavy atom. The number of halogens is 4. The summed E-state index contributed by atoms with van der Waals surface area (Å²) >= 11 is 0. The Morgan fingerprint density at radius 3 is 2.33 bits per heavy atom. The van der Waals surface area contributed by atoms with Crippen LogP contribution >= 0.6 is 0 Å². The van der Waals surface area contributed by atoms with Gasteiger partial charge in [-0.25, -0.2) is 8.78 Å². The normalized spacial score (nSPS) is 11.4. The molecule has 0 fully saturated rings. The molecule has 0 rings (SSSR count). The van der Waals surface area contributed by atoms with Crippen LogP contribution < -0.4 is 5.32 Å². The van der Waals surface area contributed by atoms with Crippen molar-refractivity contribution in [3.8, 4) is 0 Å². The van der Waals surface area contributed by atoms with E-state index in [4.69, 9.17) is 0 Å². The average molecular weight is 273 g/mol. The number of unbranched alkanes of at least 4 members (excludes halogenated alkanes) is 2. The number of hydrogen-bond donors (Lipinski definition) is 1. The molecule has 4 nitrogen and oxygen atoms in total. The standard InChI is InChI=1S/C10H15F4NO3/c1-18-7(16)5-3-2-4-6-15-9(17)10(13,14)8(11)12/h8H,2-6H2,1H3,(H,15,17). The van der Waals surface area contributed by atoms with Crippen molar-refractivity contribution >= 4 is 11.9 Å². The maximum absolute atomic E-state index is 12.4. The lowest BCUT2D eigenvalue weighted by Gasteiger charge is -2.14. The van der Waals surface area contributed by atoms with Gasteiger partial charge in [0, 0.05) is 13.0 Å². The van der Waals surface area contributed by atoms with E-state index in [1.807, 2.05) is 0 Å². The summed E-state index contributed by atoms with van der Waals surface area (Å²) in [5.74, 6) is -7.03. The van der Waals surface area contributed by atoms with Gasteiger partial charge in [0.25, 0.3) is 5.91 Å². The molecule has 0 aromatic rings. The van der Waals surface area contributed by atoms with Gasteiger partial charge >= 0.3 is 18.3 Å². The Bertz CT molecular complexity index is 284. The fourth-order valence-electron chi connectivity index (χ4n) is 1.09. The molecule has 18 heavy (non-hydrogen) atoms. The predicted molar refractivity (Wildman–Crippen MR) is 54.4 cm³/mol. The minimum Gasteiger partial charge on any atom is -0.469 e. The second kappa shape index (κ2) is 7.88. The molecule has 0 atom stereocenters. The van der Waals surface area contributed by atoms with Crippen molar-refractivity contribution in [2.24, 2.45) is 0 Å². The molecule has 0 radical (unpaired) electrons. The van der Waals surface area contributed by atoms with Crippen molar-refractivity contribution in [2.45, 2.75) is 38.0 Å². The van der Waals surface area contributed by atoms with Crippen LogP contribution in [0.3, 0.4) is 0 Å². The molecule has 0 heterocycles. The molecule has 0 saturated carbocycles. The van der Waals surface area contributed by atoms with E-state index < -0.39 is 18.3 Å². The fourth-order valence-corrected chi connectivity index (χ4v) is 1.09. The molecule has 0 saturated heterocycles. The summed E-state index contributed by atoms with van der Waals surface area (Å²) in [5, 5.41) is 1.72. The minimum absolute atomic E-state index is 0.137. The molecule has 1 N–H and O–H groups in total. The summed E-state index contributed by atoms with van der Waals surface area (Å²) < 4.78 is 52.8. The van der Waals surface area contributed by atoms with E-state index in [2.05, 4.69) is 4.74 Å². The lowest BCUT2D eigenvalue weighted by molar-refractivity contribution is -0.169. The van der Waals surface area contributed by atoms with Crippen LogP contribution in [0.1, 0.15) is 25.7 Å². The van der Waals surface area contributed by atoms with Crippen molar-refractivity contribution in [1.29, 1.82) is 0 Å². The zero-order valence-corrected chi connectivity index (χ0v) is 9.85. The Kier molecular flexibility index (Phi) is 7.30. The third-order valence-corrected chi connectivity index (χ3v) is 2.15. The van der Waals surface area contributed by atoms with E-state index in [1.165, 1.54) is 7.11 Å². The quantitative estimate of drug-likeness (QED) is 0.416. The number of amides is 1. The number of nitrogens with one attached hydrogen (secondary N) is 1. The molecule has 0 aliphatic heterocycles. The van der Waals surface area contributed by atoms with E-state index >= 15 is 0 Å². The van der Waals surface area contributed by atoms with Crippen LogP contribution in [0.15, 0.2) is 0 Å². The average Bonchev–Trinajstić information content (AvgIpc) is 2.32. The third-order valence-electron chi connectivity index (χ3n) is 2.15. The Morgan fingerprint density at radius 1 is 1.22 bits per heavy atom. The van der Waals surface area contributed by atoms with Crippen LogP contribution in [-0.4, -0.2) is 37.9 Å². The summed E-state index contributed by atoms with van der Waals surface area (Å²) in [4.78, 5) is 21.4. The topological polar surface area (TPSA) is 55.4 Å². The molecule has 0 aromatic carbocycles. The number of rotatable bonds is 8. The van der Waals surface area contributed by atoms with Crippen LogP contribution in [0.4, 0.5) is 17.6 Å². The van der Waals surface area contributed by atoms with E-state index in [0.29, 0.717) is 19.3 Å². The van der Waals surface area contributed by atoms with Gasteiger partial charge in [0.05, 0.1) is 7.11 Å². The lowest BCUT2D eigenvalue weighted by atomic mass is 10.2. The first-order valence-corrected chi connectivity index (χ1v) is 5.33. The molecule has 0 aliphatic carbocycles. The number of alkyl halides is 4. The maximum atomic E-state index is 12.4. The molecule has 106 valence electrons. The largest absolute Gasteiger partial charge is 0.469 e. The zero-order chi connectivity index (χ0) is 14.2. The summed E-state index contributed by atoms with van der Waals surface area (Å²) in [7, 11) is 1.25. The lowest BCUT2D eigenvalue weighted by Crippen LogP contribution is -2.45. The van der Waals surface area contributed by atoms with E-state index in [9.17, 15) is 27.2 Å². The molecule has 0 spiro atoms. The highest BCUT2D eigenvalue weighted by atomic mass is 19.3. The number of esters is 1. The number of carbonyl (C=O) groups is 2. The fraction of sp³-hybridized carbons (Fsp3) is 0.800. The molecule has 0 aromatic heterocycles. The van der Waals surface area contributed by atoms with E-state index in [-0.39, 0.29) is 18.9 Å². The van der Waals surface area contributed by atoms with Crippen molar-refractivity contribution in [3.63, 3.8) is 0 Å². The number of hydrogen-bond acceptors (Lipinski definition) is 3. The predicted octanol–water partition coefficient (Wildman–Crippen LogP) is 1.74. The van der Waals surface area contributed by atoms with Gasteiger partial charge in [-0.1, -0.05) is 6.42 Å². The SMILES string of the molecule is COC(=O)CCCCCNC(=O)C(F)(F)C(F)F. The minimum atomic E-state index is -4.66. The highest BCUT2D eigenvalue weighted by Crippen LogP contribution is 2.22. The van der Waals surface area contributed by atoms with Crippen LogP contribution in [0.25, 0.3) is 0 Å². The van der Waals surface area contributed by atoms with Gasteiger partial charge in [-0.15, -0.1) is 0 Å². The highest BCUT2D eigenvalue weighted by Gasteiger charge is 2.48. The first-order valence-electron chi connectivity index (χ1n) is 5.33. The third kappa shape index (κ3) is 5.83. The molecule has 0 bridgehead atoms. The van der Waals surface area contributed by atoms with Crippen molar-refractivity contribution in [3.05, 3.63) is 0 Å². The zero-order valence-electron chi connectivity index (χ0n) is 9.85. The summed E-state index contributed by atoms with van der Waals surface area (Å²) in [5.41, 5.74) is 0. The van der Waals surface area contributed by atoms with Crippen LogP contribution in [0, 0.1) is 0 Å². The van der Waals surface area contributed by atoms with Crippen LogP contribution in [0.5, 0.6) is 0 Å².